The lowest BCUT2D eigenvalue weighted by Gasteiger charge is -2.45. The Morgan fingerprint density at radius 1 is 1.15 bits per heavy atom. The van der Waals surface area contributed by atoms with Crippen LogP contribution < -0.4 is 10.5 Å². The molecule has 1 aliphatic rings. The number of carbonyl (C=O) groups is 1. The number of amides is 1. The van der Waals surface area contributed by atoms with E-state index in [1.807, 2.05) is 32.6 Å². The molecule has 1 aliphatic heterocycles. The first kappa shape index (κ1) is 34.5. The third kappa shape index (κ3) is 5.59. The maximum absolute atomic E-state index is 15.7. The van der Waals surface area contributed by atoms with Crippen molar-refractivity contribution < 1.29 is 14.3 Å². The topological polar surface area (TPSA) is 115 Å². The molecule has 1 N–H and O–H groups in total. The van der Waals surface area contributed by atoms with Crippen LogP contribution >= 0.6 is 46.4 Å². The van der Waals surface area contributed by atoms with Crippen LogP contribution in [0.25, 0.3) is 28.0 Å². The Hall–Kier alpha value is -3.88. The van der Waals surface area contributed by atoms with E-state index in [0.29, 0.717) is 22.3 Å². The van der Waals surface area contributed by atoms with E-state index in [4.69, 9.17) is 51.4 Å². The van der Waals surface area contributed by atoms with Gasteiger partial charge in [-0.2, -0.15) is 5.26 Å². The molecule has 0 unspecified atom stereocenters. The molecule has 4 heterocycles. The van der Waals surface area contributed by atoms with Crippen LogP contribution in [0.3, 0.4) is 0 Å². The third-order valence-corrected chi connectivity index (χ3v) is 9.73. The van der Waals surface area contributed by atoms with Crippen LogP contribution in [0, 0.1) is 24.1 Å². The lowest BCUT2D eigenvalue weighted by atomic mass is 10.0. The van der Waals surface area contributed by atoms with Gasteiger partial charge in [0.05, 0.1) is 43.4 Å². The second kappa shape index (κ2) is 13.0. The minimum Gasteiger partial charge on any atom is -0.505 e. The van der Waals surface area contributed by atoms with Crippen molar-refractivity contribution in [3.05, 3.63) is 84.1 Å². The molecule has 1 aromatic carbocycles. The Morgan fingerprint density at radius 2 is 1.79 bits per heavy atom. The molecule has 0 radical (unpaired) electrons. The van der Waals surface area contributed by atoms with E-state index >= 15 is 4.39 Å². The van der Waals surface area contributed by atoms with Gasteiger partial charge in [0.25, 0.3) is 5.56 Å². The summed E-state index contributed by atoms with van der Waals surface area (Å²) in [4.78, 5) is 40.0. The first-order valence-corrected chi connectivity index (χ1v) is 16.1. The lowest BCUT2D eigenvalue weighted by molar-refractivity contribution is -0.130. The van der Waals surface area contributed by atoms with Gasteiger partial charge in [0.15, 0.2) is 11.6 Å². The zero-order valence-electron chi connectivity index (χ0n) is 26.0. The highest BCUT2D eigenvalue weighted by atomic mass is 35.5. The number of aromatic nitrogens is 3. The fourth-order valence-electron chi connectivity index (χ4n) is 6.24. The molecule has 9 nitrogen and oxygen atoms in total. The van der Waals surface area contributed by atoms with Gasteiger partial charge in [-0.15, -0.1) is 0 Å². The fraction of sp³-hybridized carbons (Fsp3) is 0.303. The number of anilines is 1. The number of rotatable bonds is 5. The number of aryl methyl sites for hydroxylation is 1. The summed E-state index contributed by atoms with van der Waals surface area (Å²) in [5.74, 6) is -2.15. The van der Waals surface area contributed by atoms with Gasteiger partial charge in [-0.25, -0.2) is 9.37 Å². The molecule has 1 amide bonds. The fourth-order valence-corrected chi connectivity index (χ4v) is 7.16. The number of phenolic OH excluding ortho intramolecular Hbond substituents is 1. The Labute approximate surface area is 290 Å². The van der Waals surface area contributed by atoms with Crippen LogP contribution in [-0.4, -0.2) is 55.6 Å². The number of hydrogen-bond acceptors (Lipinski definition) is 7. The van der Waals surface area contributed by atoms with Gasteiger partial charge in [-0.05, 0) is 50.5 Å². The molecule has 1 fully saturated rings. The molecule has 244 valence electrons. The number of phenols is 1. The SMILES string of the molecule is C=CC(=O)N1[C@H](C)CN(c2c(C#N)c(=O)n(-c3c(C)ccnc3C(C)C)c3nc(-c4c(F)c(Cl)c(Cl)c(O)c4Cl)c(Cl)cc23)C[C@@H]1C. The van der Waals surface area contributed by atoms with E-state index in [9.17, 15) is 20.0 Å². The molecule has 4 aromatic rings. The first-order chi connectivity index (χ1) is 22.2. The second-order valence-corrected chi connectivity index (χ2v) is 13.3. The predicted octanol–water partition coefficient (Wildman–Crippen LogP) is 7.82. The van der Waals surface area contributed by atoms with Gasteiger partial charge in [0.2, 0.25) is 5.91 Å². The molecular weight excluding hydrogens is 689 g/mol. The molecule has 2 atom stereocenters. The summed E-state index contributed by atoms with van der Waals surface area (Å²) in [6.45, 7) is 13.5. The highest BCUT2D eigenvalue weighted by Gasteiger charge is 2.36. The van der Waals surface area contributed by atoms with Crippen LogP contribution in [0.4, 0.5) is 10.1 Å². The van der Waals surface area contributed by atoms with Crippen molar-refractivity contribution in [3.8, 4) is 28.8 Å². The number of benzene rings is 1. The minimum absolute atomic E-state index is 0.0207. The molecule has 47 heavy (non-hydrogen) atoms. The van der Waals surface area contributed by atoms with E-state index in [-0.39, 0.29) is 64.6 Å². The van der Waals surface area contributed by atoms with Gasteiger partial charge in [-0.3, -0.25) is 19.1 Å². The maximum atomic E-state index is 15.7. The number of pyridine rings is 3. The molecule has 1 saturated heterocycles. The summed E-state index contributed by atoms with van der Waals surface area (Å²) in [6.07, 6.45) is 2.87. The van der Waals surface area contributed by atoms with Crippen LogP contribution in [-0.2, 0) is 4.79 Å². The number of fused-ring (bicyclic) bond motifs is 1. The smallest absolute Gasteiger partial charge is 0.276 e. The Kier molecular flexibility index (Phi) is 9.50. The van der Waals surface area contributed by atoms with Gasteiger partial charge in [0.1, 0.15) is 22.3 Å². The lowest BCUT2D eigenvalue weighted by Crippen LogP contribution is -2.58. The van der Waals surface area contributed by atoms with Crippen molar-refractivity contribution in [1.29, 1.82) is 5.26 Å². The second-order valence-electron chi connectivity index (χ2n) is 11.7. The summed E-state index contributed by atoms with van der Waals surface area (Å²) in [5, 5.41) is 19.7. The minimum atomic E-state index is -1.08. The van der Waals surface area contributed by atoms with Crippen molar-refractivity contribution in [1.82, 2.24) is 19.4 Å². The summed E-state index contributed by atoms with van der Waals surface area (Å²) < 4.78 is 17.0. The molecular formula is C33H29Cl4FN6O3. The van der Waals surface area contributed by atoms with Gasteiger partial charge < -0.3 is 14.9 Å². The first-order valence-electron chi connectivity index (χ1n) is 14.6. The van der Waals surface area contributed by atoms with Crippen LogP contribution in [0.15, 0.2) is 35.8 Å². The summed E-state index contributed by atoms with van der Waals surface area (Å²) >= 11 is 25.3. The van der Waals surface area contributed by atoms with Crippen molar-refractivity contribution in [2.75, 3.05) is 18.0 Å². The maximum Gasteiger partial charge on any atom is 0.276 e. The molecule has 0 bridgehead atoms. The molecule has 0 spiro atoms. The van der Waals surface area contributed by atoms with Crippen molar-refractivity contribution in [2.45, 2.75) is 52.6 Å². The van der Waals surface area contributed by atoms with E-state index in [1.165, 1.54) is 16.7 Å². The number of piperazine rings is 1. The number of carbonyl (C=O) groups excluding carboxylic acids is 1. The average molecular weight is 718 g/mol. The normalized spacial score (nSPS) is 16.6. The average Bonchev–Trinajstić information content (AvgIpc) is 3.02. The van der Waals surface area contributed by atoms with Crippen LogP contribution in [0.5, 0.6) is 5.75 Å². The summed E-state index contributed by atoms with van der Waals surface area (Å²) in [7, 11) is 0. The Balaban J connectivity index is 1.95. The highest BCUT2D eigenvalue weighted by molar-refractivity contribution is 6.46. The van der Waals surface area contributed by atoms with E-state index < -0.39 is 37.8 Å². The van der Waals surface area contributed by atoms with Gasteiger partial charge in [0, 0.05) is 36.8 Å². The van der Waals surface area contributed by atoms with E-state index in [0.717, 1.165) is 0 Å². The quantitative estimate of drug-likeness (QED) is 0.127. The number of nitriles is 1. The molecule has 14 heteroatoms. The molecule has 0 aliphatic carbocycles. The van der Waals surface area contributed by atoms with E-state index in [1.54, 1.807) is 24.1 Å². The summed E-state index contributed by atoms with van der Waals surface area (Å²) in [5.41, 5.74) is 0.361. The zero-order valence-corrected chi connectivity index (χ0v) is 29.0. The number of hydrogen-bond donors (Lipinski definition) is 1. The molecule has 3 aromatic heterocycles. The molecule has 0 saturated carbocycles. The number of aromatic hydroxyl groups is 1. The highest BCUT2D eigenvalue weighted by Crippen LogP contribution is 2.48. The van der Waals surface area contributed by atoms with E-state index in [2.05, 4.69) is 17.6 Å². The van der Waals surface area contributed by atoms with Crippen molar-refractivity contribution in [3.63, 3.8) is 0 Å². The predicted molar refractivity (Wildman–Crippen MR) is 184 cm³/mol. The standard InChI is InChI=1S/C33H29Cl4FN6O3/c1-7-21(45)43-16(5)12-42(13-17(43)6)30-18-10-20(34)28(22-23(35)31(46)25(37)24(36)26(22)38)41-32(18)44(33(47)19(30)11-39)29-15(4)8-9-40-27(29)14(2)3/h7-10,14,16-17,46H,1,12-13H2,2-6H3/t16-,17+. The van der Waals surface area contributed by atoms with Gasteiger partial charge in [-0.1, -0.05) is 66.8 Å². The zero-order chi connectivity index (χ0) is 34.6. The monoisotopic (exact) mass is 716 g/mol. The molecule has 5 rings (SSSR count). The van der Waals surface area contributed by atoms with Gasteiger partial charge >= 0.3 is 0 Å². The van der Waals surface area contributed by atoms with Crippen molar-refractivity contribution >= 4 is 69.0 Å². The summed E-state index contributed by atoms with van der Waals surface area (Å²) in [6, 6.07) is 4.65. The number of nitrogens with zero attached hydrogens (tertiary/aromatic N) is 6. The Morgan fingerprint density at radius 3 is 2.36 bits per heavy atom. The van der Waals surface area contributed by atoms with Crippen LogP contribution in [0.2, 0.25) is 20.1 Å². The largest absolute Gasteiger partial charge is 0.505 e. The van der Waals surface area contributed by atoms with Crippen molar-refractivity contribution in [2.24, 2.45) is 0 Å². The third-order valence-electron chi connectivity index (χ3n) is 8.25. The Bertz CT molecular complexity index is 2050. The number of halogens is 5. The van der Waals surface area contributed by atoms with Crippen LogP contribution in [0.1, 0.15) is 50.4 Å².